The summed E-state index contributed by atoms with van der Waals surface area (Å²) < 4.78 is 5.03. The summed E-state index contributed by atoms with van der Waals surface area (Å²) in [5.74, 6) is -0.258. The SMILES string of the molecule is CC[Si](CC)(CC)c1[nH]c2cc(C)c(C(=O)OC)cc2c1CCc1ccccc1. The van der Waals surface area contributed by atoms with Crippen LogP contribution in [-0.4, -0.2) is 26.1 Å². The molecule has 3 aromatic rings. The highest BCUT2D eigenvalue weighted by Crippen LogP contribution is 2.29. The van der Waals surface area contributed by atoms with Crippen LogP contribution in [0.25, 0.3) is 10.9 Å². The van der Waals surface area contributed by atoms with Gasteiger partial charge in [0.15, 0.2) is 0 Å². The standard InChI is InChI=1S/C25H33NO2Si/c1-6-29(7-2,8-3)24-20(15-14-19-12-10-9-11-13-19)22-17-21(25(27)28-5)18(4)16-23(22)26-24/h9-13,16-17,26H,6-8,14-15H2,1-5H3. The van der Waals surface area contributed by atoms with Crippen LogP contribution in [0, 0.1) is 6.92 Å². The molecule has 0 atom stereocenters. The average molecular weight is 408 g/mol. The molecular formula is C25H33NO2Si. The molecule has 0 fully saturated rings. The lowest BCUT2D eigenvalue weighted by Crippen LogP contribution is -2.48. The van der Waals surface area contributed by atoms with Crippen molar-refractivity contribution in [2.24, 2.45) is 0 Å². The lowest BCUT2D eigenvalue weighted by atomic mass is 10.0. The first-order valence-electron chi connectivity index (χ1n) is 10.8. The second kappa shape index (κ2) is 9.00. The highest BCUT2D eigenvalue weighted by Gasteiger charge is 2.34. The van der Waals surface area contributed by atoms with Gasteiger partial charge in [0.1, 0.15) is 8.07 Å². The van der Waals surface area contributed by atoms with Crippen molar-refractivity contribution in [1.82, 2.24) is 4.98 Å². The molecule has 0 radical (unpaired) electrons. The van der Waals surface area contributed by atoms with Crippen LogP contribution >= 0.6 is 0 Å². The van der Waals surface area contributed by atoms with E-state index in [0.717, 1.165) is 23.9 Å². The number of hydrogen-bond acceptors (Lipinski definition) is 2. The van der Waals surface area contributed by atoms with Crippen molar-refractivity contribution in [2.75, 3.05) is 7.11 Å². The van der Waals surface area contributed by atoms with Gasteiger partial charge in [-0.15, -0.1) is 0 Å². The Kier molecular flexibility index (Phi) is 6.63. The van der Waals surface area contributed by atoms with Gasteiger partial charge in [0.2, 0.25) is 0 Å². The first-order chi connectivity index (χ1) is 14.0. The molecule has 1 heterocycles. The number of carbonyl (C=O) groups excluding carboxylic acids is 1. The highest BCUT2D eigenvalue weighted by atomic mass is 28.3. The first-order valence-corrected chi connectivity index (χ1v) is 13.4. The van der Waals surface area contributed by atoms with Crippen LogP contribution in [0.15, 0.2) is 42.5 Å². The third-order valence-corrected chi connectivity index (χ3v) is 12.3. The quantitative estimate of drug-likeness (QED) is 0.381. The first kappa shape index (κ1) is 21.4. The molecule has 2 aromatic carbocycles. The summed E-state index contributed by atoms with van der Waals surface area (Å²) >= 11 is 0. The Morgan fingerprint density at radius 2 is 1.66 bits per heavy atom. The molecule has 3 rings (SSSR count). The lowest BCUT2D eigenvalue weighted by Gasteiger charge is -2.28. The largest absolute Gasteiger partial charge is 0.465 e. The highest BCUT2D eigenvalue weighted by molar-refractivity contribution is 6.91. The van der Waals surface area contributed by atoms with E-state index < -0.39 is 8.07 Å². The fraction of sp³-hybridized carbons (Fsp3) is 0.400. The number of carbonyl (C=O) groups is 1. The third-order valence-electron chi connectivity index (χ3n) is 6.72. The Hall–Kier alpha value is -2.33. The Morgan fingerprint density at radius 3 is 2.24 bits per heavy atom. The zero-order valence-electron chi connectivity index (χ0n) is 18.4. The predicted molar refractivity (Wildman–Crippen MR) is 125 cm³/mol. The molecule has 0 unspecified atom stereocenters. The summed E-state index contributed by atoms with van der Waals surface area (Å²) in [7, 11) is -0.149. The summed E-state index contributed by atoms with van der Waals surface area (Å²) in [5, 5.41) is 2.67. The fourth-order valence-electron chi connectivity index (χ4n) is 4.64. The topological polar surface area (TPSA) is 42.1 Å². The number of rotatable bonds is 8. The van der Waals surface area contributed by atoms with Gasteiger partial charge < -0.3 is 9.72 Å². The number of hydrogen-bond donors (Lipinski definition) is 1. The summed E-state index contributed by atoms with van der Waals surface area (Å²) in [4.78, 5) is 16.1. The number of fused-ring (bicyclic) bond motifs is 1. The zero-order valence-corrected chi connectivity index (χ0v) is 19.4. The Morgan fingerprint density at radius 1 is 1.00 bits per heavy atom. The second-order valence-electron chi connectivity index (χ2n) is 8.01. The Labute approximate surface area is 175 Å². The minimum absolute atomic E-state index is 0.258. The number of methoxy groups -OCH3 is 1. The predicted octanol–water partition coefficient (Wildman–Crippen LogP) is 5.76. The van der Waals surface area contributed by atoms with Crippen LogP contribution < -0.4 is 5.32 Å². The maximum absolute atomic E-state index is 12.3. The van der Waals surface area contributed by atoms with Crippen molar-refractivity contribution in [3.05, 3.63) is 64.7 Å². The number of esters is 1. The molecule has 0 bridgehead atoms. The number of nitrogens with one attached hydrogen (secondary N) is 1. The van der Waals surface area contributed by atoms with Crippen LogP contribution in [0.5, 0.6) is 0 Å². The molecule has 0 aliphatic carbocycles. The Bertz CT molecular complexity index is 979. The molecular weight excluding hydrogens is 374 g/mol. The van der Waals surface area contributed by atoms with Crippen LogP contribution in [-0.2, 0) is 17.6 Å². The number of benzene rings is 2. The lowest BCUT2D eigenvalue weighted by molar-refractivity contribution is 0.0600. The van der Waals surface area contributed by atoms with Gasteiger partial charge in [-0.2, -0.15) is 0 Å². The maximum Gasteiger partial charge on any atom is 0.338 e. The number of H-pyrrole nitrogens is 1. The second-order valence-corrected chi connectivity index (χ2v) is 13.2. The molecule has 0 aliphatic heterocycles. The van der Waals surface area contributed by atoms with E-state index in [0.29, 0.717) is 5.56 Å². The van der Waals surface area contributed by atoms with E-state index in [-0.39, 0.29) is 5.97 Å². The molecule has 3 nitrogen and oxygen atoms in total. The number of ether oxygens (including phenoxy) is 1. The van der Waals surface area contributed by atoms with E-state index in [1.54, 1.807) is 0 Å². The van der Waals surface area contributed by atoms with Gasteiger partial charge in [0, 0.05) is 16.2 Å². The average Bonchev–Trinajstić information content (AvgIpc) is 3.11. The van der Waals surface area contributed by atoms with Crippen LogP contribution in [0.4, 0.5) is 0 Å². The monoisotopic (exact) mass is 407 g/mol. The van der Waals surface area contributed by atoms with E-state index >= 15 is 0 Å². The minimum atomic E-state index is -1.60. The van der Waals surface area contributed by atoms with Crippen molar-refractivity contribution in [1.29, 1.82) is 0 Å². The molecule has 0 amide bonds. The summed E-state index contributed by atoms with van der Waals surface area (Å²) in [6, 6.07) is 18.5. The van der Waals surface area contributed by atoms with E-state index in [4.69, 9.17) is 4.74 Å². The number of aryl methyl sites for hydroxylation is 3. The zero-order chi connectivity index (χ0) is 21.0. The Balaban J connectivity index is 2.18. The van der Waals surface area contributed by atoms with Gasteiger partial charge in [0.05, 0.1) is 12.7 Å². The summed E-state index contributed by atoms with van der Waals surface area (Å²) in [5.41, 5.74) is 5.54. The van der Waals surface area contributed by atoms with E-state index in [2.05, 4.69) is 68.2 Å². The number of aromatic nitrogens is 1. The van der Waals surface area contributed by atoms with Crippen molar-refractivity contribution in [3.8, 4) is 0 Å². The molecule has 154 valence electrons. The molecule has 4 heteroatoms. The molecule has 0 saturated carbocycles. The van der Waals surface area contributed by atoms with Crippen molar-refractivity contribution in [3.63, 3.8) is 0 Å². The molecule has 0 saturated heterocycles. The van der Waals surface area contributed by atoms with E-state index in [1.165, 1.54) is 47.1 Å². The minimum Gasteiger partial charge on any atom is -0.465 e. The van der Waals surface area contributed by atoms with E-state index in [1.807, 2.05) is 6.92 Å². The molecule has 29 heavy (non-hydrogen) atoms. The molecule has 1 N–H and O–H groups in total. The van der Waals surface area contributed by atoms with Gasteiger partial charge in [-0.25, -0.2) is 4.79 Å². The summed E-state index contributed by atoms with van der Waals surface area (Å²) in [6.07, 6.45) is 1.99. The number of aromatic amines is 1. The summed E-state index contributed by atoms with van der Waals surface area (Å²) in [6.45, 7) is 9.02. The van der Waals surface area contributed by atoms with Crippen LogP contribution in [0.3, 0.4) is 0 Å². The fourth-order valence-corrected chi connectivity index (χ4v) is 8.50. The van der Waals surface area contributed by atoms with Crippen LogP contribution in [0.1, 0.15) is 47.8 Å². The van der Waals surface area contributed by atoms with Gasteiger partial charge >= 0.3 is 5.97 Å². The smallest absolute Gasteiger partial charge is 0.338 e. The van der Waals surface area contributed by atoms with Crippen molar-refractivity contribution >= 4 is 30.3 Å². The molecule has 0 spiro atoms. The van der Waals surface area contributed by atoms with Gasteiger partial charge in [-0.05, 0) is 48.6 Å². The maximum atomic E-state index is 12.3. The van der Waals surface area contributed by atoms with Gasteiger partial charge in [-0.3, -0.25) is 0 Å². The normalized spacial score (nSPS) is 11.8. The van der Waals surface area contributed by atoms with Crippen LogP contribution in [0.2, 0.25) is 18.1 Å². The van der Waals surface area contributed by atoms with Gasteiger partial charge in [0.25, 0.3) is 0 Å². The van der Waals surface area contributed by atoms with E-state index in [9.17, 15) is 4.79 Å². The van der Waals surface area contributed by atoms with Crippen molar-refractivity contribution < 1.29 is 9.53 Å². The molecule has 1 aromatic heterocycles. The van der Waals surface area contributed by atoms with Gasteiger partial charge in [-0.1, -0.05) is 69.2 Å². The molecule has 0 aliphatic rings. The third kappa shape index (κ3) is 4.04. The van der Waals surface area contributed by atoms with Crippen molar-refractivity contribution in [2.45, 2.75) is 58.7 Å².